The van der Waals surface area contributed by atoms with Crippen molar-refractivity contribution in [1.82, 2.24) is 9.97 Å². The lowest BCUT2D eigenvalue weighted by Crippen LogP contribution is -2.39. The van der Waals surface area contributed by atoms with Crippen LogP contribution in [0.5, 0.6) is 0 Å². The van der Waals surface area contributed by atoms with Gasteiger partial charge in [-0.3, -0.25) is 4.79 Å². The lowest BCUT2D eigenvalue weighted by Gasteiger charge is -2.31. The number of anilines is 2. The van der Waals surface area contributed by atoms with E-state index in [1.807, 2.05) is 24.0 Å². The minimum absolute atomic E-state index is 0.115. The van der Waals surface area contributed by atoms with Gasteiger partial charge >= 0.3 is 12.1 Å². The van der Waals surface area contributed by atoms with Gasteiger partial charge in [0.2, 0.25) is 0 Å². The van der Waals surface area contributed by atoms with Crippen molar-refractivity contribution in [1.29, 1.82) is 0 Å². The van der Waals surface area contributed by atoms with E-state index in [1.54, 1.807) is 30.3 Å². The first kappa shape index (κ1) is 24.8. The maximum absolute atomic E-state index is 13.7. The summed E-state index contributed by atoms with van der Waals surface area (Å²) < 4.78 is 44.2. The summed E-state index contributed by atoms with van der Waals surface area (Å²) in [5.74, 6) is -0.294. The van der Waals surface area contributed by atoms with Gasteiger partial charge in [-0.05, 0) is 49.1 Å². The molecule has 0 saturated carbocycles. The van der Waals surface area contributed by atoms with Crippen LogP contribution in [-0.4, -0.2) is 34.1 Å². The van der Waals surface area contributed by atoms with E-state index in [-0.39, 0.29) is 11.5 Å². The van der Waals surface area contributed by atoms with Crippen LogP contribution in [0, 0.1) is 5.92 Å². The monoisotopic (exact) mass is 502 g/mol. The number of halogens is 3. The second-order valence-electron chi connectivity index (χ2n) is 8.26. The molecule has 10 heteroatoms. The van der Waals surface area contributed by atoms with Gasteiger partial charge in [0.15, 0.2) is 0 Å². The number of alkyl halides is 3. The Morgan fingerprint density at radius 1 is 1.14 bits per heavy atom. The van der Waals surface area contributed by atoms with E-state index in [2.05, 4.69) is 14.7 Å². The third-order valence-electron chi connectivity index (χ3n) is 5.92. The molecular weight excluding hydrogens is 477 g/mol. The molecule has 3 heterocycles. The largest absolute Gasteiger partial charge is 0.481 e. The number of hydrogen-bond donors (Lipinski definition) is 2. The van der Waals surface area contributed by atoms with Crippen LogP contribution in [-0.2, 0) is 17.4 Å². The molecule has 0 aliphatic carbocycles. The molecule has 1 atom stereocenters. The van der Waals surface area contributed by atoms with Crippen molar-refractivity contribution >= 4 is 29.6 Å². The van der Waals surface area contributed by atoms with E-state index in [0.29, 0.717) is 35.8 Å². The van der Waals surface area contributed by atoms with Crippen molar-refractivity contribution in [3.8, 4) is 11.3 Å². The van der Waals surface area contributed by atoms with Gasteiger partial charge in [0, 0.05) is 30.6 Å². The molecule has 0 bridgehead atoms. The number of rotatable bonds is 7. The average Bonchev–Trinajstić information content (AvgIpc) is 2.87. The van der Waals surface area contributed by atoms with E-state index >= 15 is 0 Å². The summed E-state index contributed by atoms with van der Waals surface area (Å²) in [5, 5.41) is 9.93. The van der Waals surface area contributed by atoms with Gasteiger partial charge in [0.1, 0.15) is 16.7 Å². The van der Waals surface area contributed by atoms with Crippen molar-refractivity contribution < 1.29 is 23.1 Å². The number of carbonyl (C=O) groups is 1. The summed E-state index contributed by atoms with van der Waals surface area (Å²) in [7, 11) is 0. The maximum Gasteiger partial charge on any atom is 0.418 e. The van der Waals surface area contributed by atoms with Crippen LogP contribution in [0.1, 0.15) is 30.9 Å². The van der Waals surface area contributed by atoms with Gasteiger partial charge in [-0.2, -0.15) is 13.2 Å². The quantitative estimate of drug-likeness (QED) is 0.376. The predicted molar refractivity (Wildman–Crippen MR) is 130 cm³/mol. The van der Waals surface area contributed by atoms with E-state index in [4.69, 9.17) is 0 Å². The van der Waals surface area contributed by atoms with E-state index < -0.39 is 23.6 Å². The summed E-state index contributed by atoms with van der Waals surface area (Å²) in [6.45, 7) is 3.01. The van der Waals surface area contributed by atoms with Gasteiger partial charge in [0.25, 0.3) is 0 Å². The molecule has 1 aliphatic heterocycles. The minimum Gasteiger partial charge on any atom is -0.481 e. The molecule has 0 radical (unpaired) electrons. The second-order valence-corrected chi connectivity index (χ2v) is 9.09. The molecule has 2 N–H and O–H groups in total. The normalized spacial score (nSPS) is 16.2. The molecule has 6 nitrogen and oxygen atoms in total. The predicted octanol–water partition coefficient (Wildman–Crippen LogP) is 6.15. The molecule has 1 aromatic carbocycles. The standard InChI is InChI=1S/C25H25F3N4O2S/c1-2-16-7-3-4-9-18(16)23-19(25(26,27)28)12-13-20(29-23)31-35-22-11-5-10-21(30-22)32-14-6-8-17(15-32)24(33)34/h3-5,7,9-13,17H,2,6,8,14-15H2,1H3,(H,29,31)(H,33,34)/t17-/m0/s1. The van der Waals surface area contributed by atoms with Gasteiger partial charge in [0.05, 0.1) is 17.2 Å². The van der Waals surface area contributed by atoms with Crippen LogP contribution in [0.4, 0.5) is 24.8 Å². The molecule has 1 aliphatic rings. The fraction of sp³-hybridized carbons (Fsp3) is 0.320. The van der Waals surface area contributed by atoms with E-state index in [0.717, 1.165) is 36.5 Å². The number of carboxylic acids is 1. The number of nitrogens with one attached hydrogen (secondary N) is 1. The van der Waals surface area contributed by atoms with Gasteiger partial charge in [-0.25, -0.2) is 9.97 Å². The van der Waals surface area contributed by atoms with Crippen molar-refractivity contribution in [2.45, 2.75) is 37.4 Å². The smallest absolute Gasteiger partial charge is 0.418 e. The van der Waals surface area contributed by atoms with Gasteiger partial charge in [-0.1, -0.05) is 37.3 Å². The molecule has 3 aromatic rings. The highest BCUT2D eigenvalue weighted by molar-refractivity contribution is 8.00. The highest BCUT2D eigenvalue weighted by Gasteiger charge is 2.35. The van der Waals surface area contributed by atoms with Crippen molar-refractivity contribution in [3.63, 3.8) is 0 Å². The Morgan fingerprint density at radius 3 is 2.69 bits per heavy atom. The van der Waals surface area contributed by atoms with Crippen LogP contribution in [0.3, 0.4) is 0 Å². The number of pyridine rings is 2. The van der Waals surface area contributed by atoms with Crippen LogP contribution < -0.4 is 9.62 Å². The topological polar surface area (TPSA) is 78.4 Å². The Bertz CT molecular complexity index is 1210. The summed E-state index contributed by atoms with van der Waals surface area (Å²) >= 11 is 1.14. The highest BCUT2D eigenvalue weighted by atomic mass is 32.2. The SMILES string of the molecule is CCc1ccccc1-c1nc(NSc2cccc(N3CCC[C@H](C(=O)O)C3)n2)ccc1C(F)(F)F. The Kier molecular flexibility index (Phi) is 7.49. The molecule has 184 valence electrons. The third kappa shape index (κ3) is 5.87. The van der Waals surface area contributed by atoms with Crippen LogP contribution in [0.15, 0.2) is 59.6 Å². The number of carboxylic acid groups (broad SMARTS) is 1. The van der Waals surface area contributed by atoms with Crippen molar-refractivity contribution in [2.75, 3.05) is 22.7 Å². The molecule has 35 heavy (non-hydrogen) atoms. The summed E-state index contributed by atoms with van der Waals surface area (Å²) in [5.41, 5.74) is 0.336. The number of benzene rings is 1. The second kappa shape index (κ2) is 10.6. The fourth-order valence-corrected chi connectivity index (χ4v) is 4.75. The van der Waals surface area contributed by atoms with Crippen LogP contribution >= 0.6 is 11.9 Å². The zero-order valence-electron chi connectivity index (χ0n) is 19.0. The van der Waals surface area contributed by atoms with Gasteiger partial charge < -0.3 is 14.7 Å². The first-order valence-electron chi connectivity index (χ1n) is 11.3. The van der Waals surface area contributed by atoms with E-state index in [1.165, 1.54) is 6.07 Å². The first-order chi connectivity index (χ1) is 16.8. The van der Waals surface area contributed by atoms with Crippen molar-refractivity contribution in [2.24, 2.45) is 5.92 Å². The molecule has 0 unspecified atom stereocenters. The molecule has 0 amide bonds. The first-order valence-corrected chi connectivity index (χ1v) is 12.1. The molecule has 1 saturated heterocycles. The van der Waals surface area contributed by atoms with Crippen LogP contribution in [0.25, 0.3) is 11.3 Å². The number of piperidine rings is 1. The van der Waals surface area contributed by atoms with Gasteiger partial charge in [-0.15, -0.1) is 0 Å². The molecule has 4 rings (SSSR count). The van der Waals surface area contributed by atoms with Crippen LogP contribution in [0.2, 0.25) is 0 Å². The summed E-state index contributed by atoms with van der Waals surface area (Å²) in [6, 6.07) is 14.7. The lowest BCUT2D eigenvalue weighted by molar-refractivity contribution is -0.142. The third-order valence-corrected chi connectivity index (χ3v) is 6.67. The van der Waals surface area contributed by atoms with E-state index in [9.17, 15) is 23.1 Å². The number of nitrogens with zero attached hydrogens (tertiary/aromatic N) is 3. The maximum atomic E-state index is 13.7. The highest BCUT2D eigenvalue weighted by Crippen LogP contribution is 2.38. The zero-order valence-corrected chi connectivity index (χ0v) is 19.9. The summed E-state index contributed by atoms with van der Waals surface area (Å²) in [6.07, 6.45) is -2.54. The lowest BCUT2D eigenvalue weighted by atomic mass is 9.98. The minimum atomic E-state index is -4.53. The Morgan fingerprint density at radius 2 is 1.94 bits per heavy atom. The van der Waals surface area contributed by atoms with Crippen molar-refractivity contribution in [3.05, 3.63) is 65.7 Å². The molecule has 0 spiro atoms. The Hall–Kier alpha value is -3.27. The zero-order chi connectivity index (χ0) is 25.0. The number of aryl methyl sites for hydroxylation is 1. The Labute approximate surface area is 205 Å². The Balaban J connectivity index is 1.56. The average molecular weight is 503 g/mol. The fourth-order valence-electron chi connectivity index (χ4n) is 4.14. The number of aliphatic carboxylic acids is 1. The molecule has 2 aromatic heterocycles. The summed E-state index contributed by atoms with van der Waals surface area (Å²) in [4.78, 5) is 22.2. The molecular formula is C25H25F3N4O2S. The molecule has 1 fully saturated rings. The number of hydrogen-bond acceptors (Lipinski definition) is 6. The number of aromatic nitrogens is 2.